The van der Waals surface area contributed by atoms with Crippen LogP contribution in [0.4, 0.5) is 11.6 Å². The summed E-state index contributed by atoms with van der Waals surface area (Å²) in [4.78, 5) is 4.27. The SMILES string of the molecule is N#Cc1ccc(Nc2nccn2-c2ccccc2Br)c(O)c1. The van der Waals surface area contributed by atoms with Crippen LogP contribution in [-0.4, -0.2) is 14.7 Å². The van der Waals surface area contributed by atoms with Crippen LogP contribution in [0.3, 0.4) is 0 Å². The molecule has 0 aliphatic carbocycles. The summed E-state index contributed by atoms with van der Waals surface area (Å²) in [5, 5.41) is 21.9. The van der Waals surface area contributed by atoms with Gasteiger partial charge in [0.15, 0.2) is 0 Å². The number of phenols is 1. The lowest BCUT2D eigenvalue weighted by atomic mass is 10.2. The Morgan fingerprint density at radius 1 is 1.23 bits per heavy atom. The smallest absolute Gasteiger partial charge is 0.212 e. The number of phenolic OH excluding ortho intramolecular Hbond substituents is 1. The van der Waals surface area contributed by atoms with E-state index < -0.39 is 0 Å². The van der Waals surface area contributed by atoms with Crippen molar-refractivity contribution < 1.29 is 5.11 Å². The number of anilines is 2. The highest BCUT2D eigenvalue weighted by Crippen LogP contribution is 2.29. The highest BCUT2D eigenvalue weighted by atomic mass is 79.9. The molecule has 0 atom stereocenters. The van der Waals surface area contributed by atoms with Crippen LogP contribution in [0.2, 0.25) is 0 Å². The van der Waals surface area contributed by atoms with E-state index in [0.29, 0.717) is 17.2 Å². The largest absolute Gasteiger partial charge is 0.506 e. The monoisotopic (exact) mass is 354 g/mol. The molecule has 6 heteroatoms. The molecule has 0 saturated heterocycles. The lowest BCUT2D eigenvalue weighted by Crippen LogP contribution is -2.02. The number of hydrogen-bond donors (Lipinski definition) is 2. The summed E-state index contributed by atoms with van der Waals surface area (Å²) < 4.78 is 2.79. The van der Waals surface area contributed by atoms with Gasteiger partial charge in [0.05, 0.1) is 23.0 Å². The molecule has 108 valence electrons. The molecule has 1 aromatic heterocycles. The van der Waals surface area contributed by atoms with E-state index in [1.165, 1.54) is 6.07 Å². The molecule has 2 N–H and O–H groups in total. The Morgan fingerprint density at radius 3 is 2.77 bits per heavy atom. The van der Waals surface area contributed by atoms with E-state index in [1.807, 2.05) is 41.1 Å². The normalized spacial score (nSPS) is 10.2. The molecule has 0 bridgehead atoms. The molecular formula is C16H11BrN4O. The number of rotatable bonds is 3. The highest BCUT2D eigenvalue weighted by molar-refractivity contribution is 9.10. The van der Waals surface area contributed by atoms with Crippen LogP contribution < -0.4 is 5.32 Å². The lowest BCUT2D eigenvalue weighted by Gasteiger charge is -2.12. The molecule has 5 nitrogen and oxygen atoms in total. The summed E-state index contributed by atoms with van der Waals surface area (Å²) in [6.45, 7) is 0. The van der Waals surface area contributed by atoms with Gasteiger partial charge in [-0.15, -0.1) is 0 Å². The Kier molecular flexibility index (Phi) is 3.81. The van der Waals surface area contributed by atoms with Crippen molar-refractivity contribution in [2.24, 2.45) is 0 Å². The van der Waals surface area contributed by atoms with Crippen LogP contribution in [0.25, 0.3) is 5.69 Å². The molecule has 3 rings (SSSR count). The summed E-state index contributed by atoms with van der Waals surface area (Å²) in [6, 6.07) is 14.4. The van der Waals surface area contributed by atoms with Gasteiger partial charge in [-0.3, -0.25) is 4.57 Å². The van der Waals surface area contributed by atoms with E-state index in [1.54, 1.807) is 18.3 Å². The highest BCUT2D eigenvalue weighted by Gasteiger charge is 2.10. The molecule has 0 aliphatic heterocycles. The molecule has 0 fully saturated rings. The van der Waals surface area contributed by atoms with Crippen molar-refractivity contribution >= 4 is 27.6 Å². The van der Waals surface area contributed by atoms with Gasteiger partial charge in [0.25, 0.3) is 0 Å². The average molecular weight is 355 g/mol. The van der Waals surface area contributed by atoms with E-state index >= 15 is 0 Å². The standard InChI is InChI=1S/C16H11BrN4O/c17-12-3-1-2-4-14(12)21-8-7-19-16(21)20-13-6-5-11(10-18)9-15(13)22/h1-9,22H,(H,19,20). The van der Waals surface area contributed by atoms with E-state index in [0.717, 1.165) is 10.2 Å². The van der Waals surface area contributed by atoms with Gasteiger partial charge in [0, 0.05) is 16.9 Å². The molecule has 0 saturated carbocycles. The third-order valence-electron chi connectivity index (χ3n) is 3.13. The van der Waals surface area contributed by atoms with E-state index in [9.17, 15) is 5.11 Å². The molecule has 2 aromatic carbocycles. The zero-order valence-corrected chi connectivity index (χ0v) is 12.9. The maximum Gasteiger partial charge on any atom is 0.212 e. The van der Waals surface area contributed by atoms with Gasteiger partial charge < -0.3 is 10.4 Å². The fraction of sp³-hybridized carbons (Fsp3) is 0. The molecule has 0 amide bonds. The number of benzene rings is 2. The molecular weight excluding hydrogens is 344 g/mol. The number of nitrogens with one attached hydrogen (secondary N) is 1. The van der Waals surface area contributed by atoms with Crippen LogP contribution in [0, 0.1) is 11.3 Å². The van der Waals surface area contributed by atoms with E-state index in [2.05, 4.69) is 26.2 Å². The number of halogens is 1. The second kappa shape index (κ2) is 5.92. The molecule has 0 aliphatic rings. The van der Waals surface area contributed by atoms with Crippen LogP contribution in [0.1, 0.15) is 5.56 Å². The predicted octanol–water partition coefficient (Wildman–Crippen LogP) is 3.96. The fourth-order valence-corrected chi connectivity index (χ4v) is 2.54. The minimum absolute atomic E-state index is 0.000673. The first kappa shape index (κ1) is 14.2. The predicted molar refractivity (Wildman–Crippen MR) is 87.4 cm³/mol. The number of hydrogen-bond acceptors (Lipinski definition) is 4. The zero-order valence-electron chi connectivity index (χ0n) is 11.4. The number of nitrogens with zero attached hydrogens (tertiary/aromatic N) is 3. The molecule has 1 heterocycles. The van der Waals surface area contributed by atoms with Gasteiger partial charge in [0.1, 0.15) is 5.75 Å². The minimum Gasteiger partial charge on any atom is -0.506 e. The minimum atomic E-state index is 0.000673. The van der Waals surface area contributed by atoms with Crippen LogP contribution in [0.5, 0.6) is 5.75 Å². The first-order valence-electron chi connectivity index (χ1n) is 6.47. The lowest BCUT2D eigenvalue weighted by molar-refractivity contribution is 0.477. The third kappa shape index (κ3) is 2.67. The second-order valence-corrected chi connectivity index (χ2v) is 5.40. The van der Waals surface area contributed by atoms with Crippen molar-refractivity contribution in [2.45, 2.75) is 0 Å². The number of aromatic nitrogens is 2. The van der Waals surface area contributed by atoms with Crippen LogP contribution >= 0.6 is 15.9 Å². The molecule has 22 heavy (non-hydrogen) atoms. The number of nitriles is 1. The zero-order chi connectivity index (χ0) is 15.5. The fourth-order valence-electron chi connectivity index (χ4n) is 2.06. The number of aromatic hydroxyl groups is 1. The van der Waals surface area contributed by atoms with E-state index in [-0.39, 0.29) is 5.75 Å². The maximum absolute atomic E-state index is 9.98. The molecule has 0 unspecified atom stereocenters. The van der Waals surface area contributed by atoms with Crippen molar-refractivity contribution in [2.75, 3.05) is 5.32 Å². The van der Waals surface area contributed by atoms with E-state index in [4.69, 9.17) is 5.26 Å². The van der Waals surface area contributed by atoms with Gasteiger partial charge in [-0.2, -0.15) is 5.26 Å². The summed E-state index contributed by atoms with van der Waals surface area (Å²) in [6.07, 6.45) is 3.49. The molecule has 0 radical (unpaired) electrons. The number of imidazole rings is 1. The van der Waals surface area contributed by atoms with Gasteiger partial charge in [-0.25, -0.2) is 4.98 Å². The quantitative estimate of drug-likeness (QED) is 0.698. The third-order valence-corrected chi connectivity index (χ3v) is 3.80. The molecule has 0 spiro atoms. The Morgan fingerprint density at radius 2 is 2.05 bits per heavy atom. The van der Waals surface area contributed by atoms with Crippen molar-refractivity contribution in [1.29, 1.82) is 5.26 Å². The second-order valence-electron chi connectivity index (χ2n) is 4.54. The first-order chi connectivity index (χ1) is 10.7. The van der Waals surface area contributed by atoms with Crippen molar-refractivity contribution in [3.05, 3.63) is 64.9 Å². The Labute approximate surface area is 135 Å². The average Bonchev–Trinajstić information content (AvgIpc) is 2.98. The van der Waals surface area contributed by atoms with Gasteiger partial charge in [-0.05, 0) is 46.3 Å². The maximum atomic E-state index is 9.98. The van der Waals surface area contributed by atoms with Crippen LogP contribution in [0.15, 0.2) is 59.3 Å². The number of para-hydroxylation sites is 1. The van der Waals surface area contributed by atoms with Crippen molar-refractivity contribution in [3.8, 4) is 17.5 Å². The molecule has 3 aromatic rings. The summed E-state index contributed by atoms with van der Waals surface area (Å²) in [5.74, 6) is 0.563. The Bertz CT molecular complexity index is 867. The van der Waals surface area contributed by atoms with Gasteiger partial charge in [-0.1, -0.05) is 12.1 Å². The topological polar surface area (TPSA) is 73.9 Å². The van der Waals surface area contributed by atoms with Crippen molar-refractivity contribution in [1.82, 2.24) is 9.55 Å². The van der Waals surface area contributed by atoms with Crippen molar-refractivity contribution in [3.63, 3.8) is 0 Å². The summed E-state index contributed by atoms with van der Waals surface area (Å²) in [5.41, 5.74) is 1.81. The Balaban J connectivity index is 1.97. The summed E-state index contributed by atoms with van der Waals surface area (Å²) >= 11 is 3.51. The van der Waals surface area contributed by atoms with Crippen LogP contribution in [-0.2, 0) is 0 Å². The first-order valence-corrected chi connectivity index (χ1v) is 7.27. The van der Waals surface area contributed by atoms with Gasteiger partial charge >= 0.3 is 0 Å². The summed E-state index contributed by atoms with van der Waals surface area (Å²) in [7, 11) is 0. The Hall–Kier alpha value is -2.78. The van der Waals surface area contributed by atoms with Gasteiger partial charge in [0.2, 0.25) is 5.95 Å².